The van der Waals surface area contributed by atoms with Crippen LogP contribution in [0.25, 0.3) is 10.8 Å². The van der Waals surface area contributed by atoms with Crippen molar-refractivity contribution in [1.29, 1.82) is 0 Å². The highest BCUT2D eigenvalue weighted by molar-refractivity contribution is 5.84. The molecule has 3 heterocycles. The number of nitrogens with zero attached hydrogens (tertiary/aromatic N) is 2. The largest absolute Gasteiger partial charge is 0.481 e. The fourth-order valence-corrected chi connectivity index (χ4v) is 5.61. The highest BCUT2D eigenvalue weighted by Gasteiger charge is 2.28. The quantitative estimate of drug-likeness (QED) is 0.399. The average molecular weight is 501 g/mol. The molecule has 2 atom stereocenters. The van der Waals surface area contributed by atoms with Crippen LogP contribution in [0.4, 0.5) is 5.82 Å². The minimum Gasteiger partial charge on any atom is -0.481 e. The van der Waals surface area contributed by atoms with Crippen molar-refractivity contribution in [3.8, 4) is 0 Å². The number of anilines is 1. The Morgan fingerprint density at radius 2 is 1.97 bits per heavy atom. The number of aryl methyl sites for hydroxylation is 2. The van der Waals surface area contributed by atoms with Crippen LogP contribution in [0.15, 0.2) is 54.6 Å². The molecule has 0 radical (unpaired) electrons. The Kier molecular flexibility index (Phi) is 7.99. The van der Waals surface area contributed by atoms with Crippen LogP contribution in [-0.2, 0) is 22.4 Å². The first-order valence-electron chi connectivity index (χ1n) is 13.5. The van der Waals surface area contributed by atoms with Crippen LogP contribution in [0.2, 0.25) is 0 Å². The molecule has 0 aliphatic carbocycles. The Hall–Kier alpha value is -3.45. The number of nitrogens with one attached hydrogen (secondary N) is 2. The van der Waals surface area contributed by atoms with Gasteiger partial charge in [0, 0.05) is 18.8 Å². The molecule has 5 rings (SSSR count). The number of fused-ring (bicyclic) bond motifs is 2. The lowest BCUT2D eigenvalue weighted by Crippen LogP contribution is -2.44. The second kappa shape index (κ2) is 11.7. The van der Waals surface area contributed by atoms with Crippen LogP contribution < -0.4 is 10.6 Å². The number of piperidine rings is 1. The van der Waals surface area contributed by atoms with Crippen LogP contribution in [0.3, 0.4) is 0 Å². The molecule has 1 fully saturated rings. The number of pyridine rings is 1. The Labute approximate surface area is 218 Å². The van der Waals surface area contributed by atoms with Gasteiger partial charge in [0.05, 0.1) is 18.4 Å². The molecule has 2 aliphatic rings. The zero-order chi connectivity index (χ0) is 25.6. The van der Waals surface area contributed by atoms with Gasteiger partial charge in [-0.3, -0.25) is 9.59 Å². The van der Waals surface area contributed by atoms with Gasteiger partial charge in [0.1, 0.15) is 5.82 Å². The van der Waals surface area contributed by atoms with Crippen LogP contribution in [0.5, 0.6) is 0 Å². The molecule has 1 amide bonds. The van der Waals surface area contributed by atoms with Gasteiger partial charge >= 0.3 is 5.97 Å². The number of carboxylic acids is 1. The lowest BCUT2D eigenvalue weighted by atomic mass is 9.94. The molecular formula is C30H36N4O3. The van der Waals surface area contributed by atoms with E-state index in [-0.39, 0.29) is 18.2 Å². The topological polar surface area (TPSA) is 94.6 Å². The molecule has 3 N–H and O–H groups in total. The smallest absolute Gasteiger partial charge is 0.305 e. The average Bonchev–Trinajstić information content (AvgIpc) is 2.92. The first kappa shape index (κ1) is 25.2. The van der Waals surface area contributed by atoms with Gasteiger partial charge in [0.25, 0.3) is 0 Å². The van der Waals surface area contributed by atoms with E-state index in [2.05, 4.69) is 27.7 Å². The van der Waals surface area contributed by atoms with Crippen LogP contribution in [-0.4, -0.2) is 53.0 Å². The first-order valence-corrected chi connectivity index (χ1v) is 13.5. The number of carbonyl (C=O) groups is 2. The predicted molar refractivity (Wildman–Crippen MR) is 146 cm³/mol. The van der Waals surface area contributed by atoms with E-state index in [0.717, 1.165) is 86.0 Å². The number of aromatic nitrogens is 1. The van der Waals surface area contributed by atoms with Crippen molar-refractivity contribution >= 4 is 28.5 Å². The van der Waals surface area contributed by atoms with Crippen molar-refractivity contribution in [2.24, 2.45) is 5.92 Å². The van der Waals surface area contributed by atoms with Crippen molar-refractivity contribution < 1.29 is 14.7 Å². The highest BCUT2D eigenvalue weighted by Crippen LogP contribution is 2.25. The summed E-state index contributed by atoms with van der Waals surface area (Å²) in [6, 6.07) is 17.7. The molecule has 1 aromatic heterocycles. The number of amides is 1. The number of rotatable bonds is 9. The summed E-state index contributed by atoms with van der Waals surface area (Å²) >= 11 is 0. The maximum Gasteiger partial charge on any atom is 0.305 e. The van der Waals surface area contributed by atoms with Crippen LogP contribution >= 0.6 is 0 Å². The Morgan fingerprint density at radius 3 is 2.84 bits per heavy atom. The maximum atomic E-state index is 13.3. The van der Waals surface area contributed by atoms with Gasteiger partial charge in [-0.25, -0.2) is 4.98 Å². The van der Waals surface area contributed by atoms with E-state index in [9.17, 15) is 14.7 Å². The van der Waals surface area contributed by atoms with Gasteiger partial charge in [-0.15, -0.1) is 0 Å². The Balaban J connectivity index is 1.16. The Morgan fingerprint density at radius 1 is 1.11 bits per heavy atom. The van der Waals surface area contributed by atoms with E-state index in [0.29, 0.717) is 6.54 Å². The molecular weight excluding hydrogens is 464 g/mol. The molecule has 0 unspecified atom stereocenters. The highest BCUT2D eigenvalue weighted by atomic mass is 16.4. The summed E-state index contributed by atoms with van der Waals surface area (Å²) in [5.41, 5.74) is 3.25. The minimum absolute atomic E-state index is 0.0495. The lowest BCUT2D eigenvalue weighted by molar-refractivity contribution is -0.138. The third-order valence-corrected chi connectivity index (χ3v) is 7.61. The Bertz CT molecular complexity index is 1260. The number of aliphatic carboxylic acids is 1. The SMILES string of the molecule is O=C(O)C[C@H](NC(=O)[C@@H]1CCCN(CCCc2ccc3c(n2)NCCC3)C1)c1ccc2ccccc2c1. The fraction of sp³-hybridized carbons (Fsp3) is 0.433. The standard InChI is InChI=1S/C30H36N4O3/c35-28(36)19-27(24-12-11-21-6-1-2-7-23(21)18-24)33-30(37)25-9-4-16-34(20-25)17-5-10-26-14-13-22-8-3-15-31-29(22)32-26/h1-2,6-7,11-14,18,25,27H,3-5,8-10,15-17,19-20H2,(H,31,32)(H,33,37)(H,35,36)/t25-,27+/m1/s1. The van der Waals surface area contributed by atoms with Gasteiger partial charge in [0.2, 0.25) is 5.91 Å². The number of carbonyl (C=O) groups excluding carboxylic acids is 1. The maximum absolute atomic E-state index is 13.3. The van der Waals surface area contributed by atoms with Gasteiger partial charge < -0.3 is 20.6 Å². The van der Waals surface area contributed by atoms with Gasteiger partial charge in [-0.1, -0.05) is 42.5 Å². The number of carboxylic acid groups (broad SMARTS) is 1. The third-order valence-electron chi connectivity index (χ3n) is 7.61. The number of benzene rings is 2. The summed E-state index contributed by atoms with van der Waals surface area (Å²) < 4.78 is 0. The summed E-state index contributed by atoms with van der Waals surface area (Å²) in [6.45, 7) is 3.63. The number of likely N-dealkylation sites (tertiary alicyclic amines) is 1. The van der Waals surface area contributed by atoms with Gasteiger partial charge in [-0.05, 0) is 85.6 Å². The molecule has 0 saturated carbocycles. The van der Waals surface area contributed by atoms with Gasteiger partial charge in [-0.2, -0.15) is 0 Å². The zero-order valence-corrected chi connectivity index (χ0v) is 21.3. The van der Waals surface area contributed by atoms with E-state index in [1.807, 2.05) is 42.5 Å². The molecule has 1 saturated heterocycles. The van der Waals surface area contributed by atoms with Crippen LogP contribution in [0, 0.1) is 5.92 Å². The molecule has 0 bridgehead atoms. The minimum atomic E-state index is -0.922. The molecule has 0 spiro atoms. The molecule has 2 aliphatic heterocycles. The summed E-state index contributed by atoms with van der Waals surface area (Å²) in [5.74, 6) is -0.0568. The second-order valence-electron chi connectivity index (χ2n) is 10.3. The number of hydrogen-bond donors (Lipinski definition) is 3. The summed E-state index contributed by atoms with van der Waals surface area (Å²) in [4.78, 5) is 32.0. The fourth-order valence-electron chi connectivity index (χ4n) is 5.61. The van der Waals surface area contributed by atoms with E-state index in [1.54, 1.807) is 0 Å². The lowest BCUT2D eigenvalue weighted by Gasteiger charge is -2.33. The monoisotopic (exact) mass is 500 g/mol. The molecule has 3 aromatic rings. The van der Waals surface area contributed by atoms with E-state index in [4.69, 9.17) is 4.98 Å². The normalized spacial score (nSPS) is 18.5. The summed E-state index contributed by atoms with van der Waals surface area (Å²) in [7, 11) is 0. The van der Waals surface area contributed by atoms with E-state index >= 15 is 0 Å². The zero-order valence-electron chi connectivity index (χ0n) is 21.3. The molecule has 7 nitrogen and oxygen atoms in total. The second-order valence-corrected chi connectivity index (χ2v) is 10.3. The van der Waals surface area contributed by atoms with Crippen molar-refractivity contribution in [1.82, 2.24) is 15.2 Å². The van der Waals surface area contributed by atoms with Gasteiger partial charge in [0.15, 0.2) is 0 Å². The van der Waals surface area contributed by atoms with Crippen molar-refractivity contribution in [2.45, 2.75) is 51.0 Å². The third kappa shape index (κ3) is 6.46. The molecule has 7 heteroatoms. The summed E-state index contributed by atoms with van der Waals surface area (Å²) in [5, 5.41) is 18.1. The first-order chi connectivity index (χ1) is 18.0. The van der Waals surface area contributed by atoms with Crippen molar-refractivity contribution in [3.05, 3.63) is 71.4 Å². The molecule has 194 valence electrons. The van der Waals surface area contributed by atoms with Crippen molar-refractivity contribution in [3.63, 3.8) is 0 Å². The van der Waals surface area contributed by atoms with Crippen molar-refractivity contribution in [2.75, 3.05) is 31.5 Å². The van der Waals surface area contributed by atoms with E-state index in [1.165, 1.54) is 5.56 Å². The molecule has 37 heavy (non-hydrogen) atoms. The predicted octanol–water partition coefficient (Wildman–Crippen LogP) is 4.57. The van der Waals surface area contributed by atoms with E-state index < -0.39 is 12.0 Å². The summed E-state index contributed by atoms with van der Waals surface area (Å²) in [6.07, 6.45) is 5.85. The molecule has 2 aromatic carbocycles. The van der Waals surface area contributed by atoms with Crippen LogP contribution in [0.1, 0.15) is 55.0 Å². The number of hydrogen-bond acceptors (Lipinski definition) is 5.